The zero-order valence-electron chi connectivity index (χ0n) is 16.5. The molecule has 2 heterocycles. The van der Waals surface area contributed by atoms with Crippen molar-refractivity contribution in [2.45, 2.75) is 49.0 Å². The number of hydrogen-bond donors (Lipinski definition) is 0. The van der Waals surface area contributed by atoms with Gasteiger partial charge >= 0.3 is 0 Å². The smallest absolute Gasteiger partial charge is 0.194 e. The third kappa shape index (κ3) is 4.71. The maximum Gasteiger partial charge on any atom is 0.194 e. The van der Waals surface area contributed by atoms with Gasteiger partial charge in [0.1, 0.15) is 23.2 Å². The van der Waals surface area contributed by atoms with Crippen LogP contribution in [0.2, 0.25) is 0 Å². The van der Waals surface area contributed by atoms with Gasteiger partial charge in [-0.2, -0.15) is 0 Å². The molecule has 1 aliphatic rings. The number of fused-ring (bicyclic) bond motifs is 1. The summed E-state index contributed by atoms with van der Waals surface area (Å²) in [4.78, 5) is 15.1. The number of furan rings is 1. The van der Waals surface area contributed by atoms with Crippen LogP contribution < -0.4 is 0 Å². The van der Waals surface area contributed by atoms with Crippen LogP contribution in [-0.2, 0) is 34.1 Å². The van der Waals surface area contributed by atoms with Gasteiger partial charge in [-0.3, -0.25) is 4.90 Å². The van der Waals surface area contributed by atoms with Crippen LogP contribution in [0.4, 0.5) is 0 Å². The van der Waals surface area contributed by atoms with Crippen LogP contribution in [0.5, 0.6) is 0 Å². The Kier molecular flexibility index (Phi) is 6.69. The van der Waals surface area contributed by atoms with Gasteiger partial charge in [-0.25, -0.2) is 8.42 Å². The highest BCUT2D eigenvalue weighted by molar-refractivity contribution is 7.92. The lowest BCUT2D eigenvalue weighted by Gasteiger charge is -2.33. The van der Waals surface area contributed by atoms with Crippen LogP contribution in [0.1, 0.15) is 36.3 Å². The van der Waals surface area contributed by atoms with E-state index in [1.54, 1.807) is 24.3 Å². The standard InChI is InChI=1S/C21H28N2O4S/c1-22(2)15-18-14-17-11-12-23(16-20(17)27-18)21(10-6-7-13-24)28(25,26)19-8-4-3-5-9-19/h3-5,8-9,13-14,21H,6-7,10-12,15-16H2,1-2H3. The number of nitrogens with zero attached hydrogens (tertiary/aromatic N) is 2. The molecule has 0 fully saturated rings. The molecule has 0 spiro atoms. The van der Waals surface area contributed by atoms with Gasteiger partial charge in [-0.05, 0) is 57.1 Å². The summed E-state index contributed by atoms with van der Waals surface area (Å²) < 4.78 is 32.6. The van der Waals surface area contributed by atoms with Crippen molar-refractivity contribution in [2.75, 3.05) is 20.6 Å². The largest absolute Gasteiger partial charge is 0.463 e. The topological polar surface area (TPSA) is 70.8 Å². The first kappa shape index (κ1) is 20.8. The minimum atomic E-state index is -3.54. The fraction of sp³-hybridized carbons (Fsp3) is 0.476. The molecule has 152 valence electrons. The molecule has 6 nitrogen and oxygen atoms in total. The van der Waals surface area contributed by atoms with E-state index in [2.05, 4.69) is 6.07 Å². The third-order valence-corrected chi connectivity index (χ3v) is 7.22. The highest BCUT2D eigenvalue weighted by Crippen LogP contribution is 2.30. The molecule has 0 radical (unpaired) electrons. The van der Waals surface area contributed by atoms with Crippen LogP contribution in [0, 0.1) is 0 Å². The predicted octanol–water partition coefficient (Wildman–Crippen LogP) is 2.87. The van der Waals surface area contributed by atoms with Gasteiger partial charge in [-0.1, -0.05) is 18.2 Å². The molecule has 1 aromatic heterocycles. The molecule has 0 amide bonds. The summed E-state index contributed by atoms with van der Waals surface area (Å²) in [6.45, 7) is 1.85. The highest BCUT2D eigenvalue weighted by Gasteiger charge is 2.35. The molecule has 0 bridgehead atoms. The lowest BCUT2D eigenvalue weighted by atomic mass is 10.1. The van der Waals surface area contributed by atoms with Crippen molar-refractivity contribution in [3.63, 3.8) is 0 Å². The van der Waals surface area contributed by atoms with E-state index >= 15 is 0 Å². The Balaban J connectivity index is 1.85. The second-order valence-corrected chi connectivity index (χ2v) is 9.64. The Morgan fingerprint density at radius 1 is 1.25 bits per heavy atom. The Labute approximate surface area is 167 Å². The molecule has 1 unspecified atom stereocenters. The average molecular weight is 405 g/mol. The third-order valence-electron chi connectivity index (χ3n) is 5.05. The molecule has 0 N–H and O–H groups in total. The average Bonchev–Trinajstić information content (AvgIpc) is 3.06. The van der Waals surface area contributed by atoms with Crippen LogP contribution in [-0.4, -0.2) is 50.5 Å². The summed E-state index contributed by atoms with van der Waals surface area (Å²) in [5.74, 6) is 1.76. The molecule has 0 aliphatic carbocycles. The summed E-state index contributed by atoms with van der Waals surface area (Å²) in [5, 5.41) is -0.662. The van der Waals surface area contributed by atoms with Crippen molar-refractivity contribution in [3.8, 4) is 0 Å². The molecule has 1 atom stereocenters. The minimum absolute atomic E-state index is 0.324. The number of sulfone groups is 1. The van der Waals surface area contributed by atoms with Gasteiger partial charge in [0, 0.05) is 13.0 Å². The predicted molar refractivity (Wildman–Crippen MR) is 108 cm³/mol. The number of unbranched alkanes of at least 4 members (excludes halogenated alkanes) is 1. The van der Waals surface area contributed by atoms with E-state index in [0.717, 1.165) is 36.3 Å². The monoisotopic (exact) mass is 404 g/mol. The lowest BCUT2D eigenvalue weighted by Crippen LogP contribution is -2.43. The number of benzene rings is 1. The Bertz CT molecular complexity index is 890. The van der Waals surface area contributed by atoms with E-state index in [1.807, 2.05) is 30.0 Å². The van der Waals surface area contributed by atoms with Crippen molar-refractivity contribution < 1.29 is 17.6 Å². The fourth-order valence-corrected chi connectivity index (χ4v) is 5.61. The zero-order valence-corrected chi connectivity index (χ0v) is 17.3. The van der Waals surface area contributed by atoms with Crippen molar-refractivity contribution in [1.82, 2.24) is 9.80 Å². The molecule has 1 aromatic carbocycles. The maximum atomic E-state index is 13.3. The number of carbonyl (C=O) groups excluding carboxylic acids is 1. The van der Waals surface area contributed by atoms with E-state index < -0.39 is 15.2 Å². The Morgan fingerprint density at radius 2 is 2.00 bits per heavy atom. The van der Waals surface area contributed by atoms with Crippen molar-refractivity contribution >= 4 is 16.1 Å². The molecular formula is C21H28N2O4S. The summed E-state index contributed by atoms with van der Waals surface area (Å²) >= 11 is 0. The molecule has 0 saturated heterocycles. The lowest BCUT2D eigenvalue weighted by molar-refractivity contribution is -0.108. The Morgan fingerprint density at radius 3 is 2.68 bits per heavy atom. The van der Waals surface area contributed by atoms with Gasteiger partial charge in [0.05, 0.1) is 18.0 Å². The summed E-state index contributed by atoms with van der Waals surface area (Å²) in [5.41, 5.74) is 1.16. The van der Waals surface area contributed by atoms with Crippen molar-refractivity contribution in [2.24, 2.45) is 0 Å². The van der Waals surface area contributed by atoms with Crippen LogP contribution >= 0.6 is 0 Å². The van der Waals surface area contributed by atoms with Gasteiger partial charge in [0.25, 0.3) is 0 Å². The van der Waals surface area contributed by atoms with Crippen LogP contribution in [0.3, 0.4) is 0 Å². The molecule has 1 aliphatic heterocycles. The van der Waals surface area contributed by atoms with Gasteiger partial charge < -0.3 is 14.1 Å². The van der Waals surface area contributed by atoms with Gasteiger partial charge in [-0.15, -0.1) is 0 Å². The molecule has 3 rings (SSSR count). The van der Waals surface area contributed by atoms with Crippen molar-refractivity contribution in [3.05, 3.63) is 53.5 Å². The fourth-order valence-electron chi connectivity index (χ4n) is 3.71. The normalized spacial score (nSPS) is 16.1. The number of hydrogen-bond acceptors (Lipinski definition) is 6. The minimum Gasteiger partial charge on any atom is -0.463 e. The first-order valence-corrected chi connectivity index (χ1v) is 11.2. The second kappa shape index (κ2) is 9.03. The van der Waals surface area contributed by atoms with Crippen LogP contribution in [0.15, 0.2) is 45.7 Å². The molecule has 28 heavy (non-hydrogen) atoms. The highest BCUT2D eigenvalue weighted by atomic mass is 32.2. The first-order chi connectivity index (χ1) is 13.4. The second-order valence-electron chi connectivity index (χ2n) is 7.53. The summed E-state index contributed by atoms with van der Waals surface area (Å²) in [6.07, 6.45) is 2.96. The van der Waals surface area contributed by atoms with E-state index in [1.165, 1.54) is 0 Å². The molecule has 2 aromatic rings. The SMILES string of the molecule is CN(C)Cc1cc2c(o1)CN(C(CCCC=O)S(=O)(=O)c1ccccc1)CC2. The van der Waals surface area contributed by atoms with Gasteiger partial charge in [0.2, 0.25) is 0 Å². The quantitative estimate of drug-likeness (QED) is 0.473. The first-order valence-electron chi connectivity index (χ1n) is 9.63. The van der Waals surface area contributed by atoms with E-state index in [4.69, 9.17) is 4.42 Å². The number of carbonyl (C=O) groups is 1. The van der Waals surface area contributed by atoms with Crippen molar-refractivity contribution in [1.29, 1.82) is 0 Å². The summed E-state index contributed by atoms with van der Waals surface area (Å²) in [6, 6.07) is 10.6. The van der Waals surface area contributed by atoms with Gasteiger partial charge in [0.15, 0.2) is 9.84 Å². The zero-order chi connectivity index (χ0) is 20.1. The maximum absolute atomic E-state index is 13.3. The van der Waals surface area contributed by atoms with Crippen LogP contribution in [0.25, 0.3) is 0 Å². The van der Waals surface area contributed by atoms with E-state index in [9.17, 15) is 13.2 Å². The number of rotatable bonds is 9. The van der Waals surface area contributed by atoms with E-state index in [0.29, 0.717) is 37.2 Å². The molecule has 7 heteroatoms. The number of aldehydes is 1. The van der Waals surface area contributed by atoms with E-state index in [-0.39, 0.29) is 0 Å². The Hall–Kier alpha value is -1.96. The summed E-state index contributed by atoms with van der Waals surface area (Å²) in [7, 11) is 0.443. The molecular weight excluding hydrogens is 376 g/mol. The molecule has 0 saturated carbocycles.